The molecule has 3 nitrogen and oxygen atoms in total. The number of aliphatic hydroxyl groups is 1. The molecule has 0 aromatic carbocycles. The van der Waals surface area contributed by atoms with Gasteiger partial charge in [-0.15, -0.1) is 0 Å². The molecule has 1 fully saturated rings. The van der Waals surface area contributed by atoms with Crippen LogP contribution in [0, 0.1) is 23.2 Å². The predicted molar refractivity (Wildman–Crippen MR) is 78.0 cm³/mol. The smallest absolute Gasteiger partial charge is 0.0894 e. The van der Waals surface area contributed by atoms with Crippen molar-refractivity contribution in [1.82, 2.24) is 4.98 Å². The Bertz CT molecular complexity index is 513. The minimum absolute atomic E-state index is 0.0800. The van der Waals surface area contributed by atoms with E-state index in [9.17, 15) is 5.11 Å². The maximum absolute atomic E-state index is 9.96. The van der Waals surface area contributed by atoms with E-state index in [-0.39, 0.29) is 18.1 Å². The molecule has 1 aliphatic carbocycles. The van der Waals surface area contributed by atoms with Crippen molar-refractivity contribution in [2.24, 2.45) is 23.2 Å². The minimum Gasteiger partial charge on any atom is -0.396 e. The monoisotopic (exact) mass is 273 g/mol. The van der Waals surface area contributed by atoms with Gasteiger partial charge in [-0.05, 0) is 36.5 Å². The number of hydrogen-bond donors (Lipinski definition) is 1. The second kappa shape index (κ2) is 4.97. The topological polar surface area (TPSA) is 42.4 Å². The standard InChI is InChI=1S/C17H23NO2/c1-11-8-12(2)17(9-19)10-20-16(15(11)13(17)3)14-4-6-18-7-5-14/h4-8,12-13,15-16,19H,9-10H2,1-3H3. The lowest BCUT2D eigenvalue weighted by Crippen LogP contribution is -2.53. The van der Waals surface area contributed by atoms with Gasteiger partial charge < -0.3 is 9.84 Å². The molecular weight excluding hydrogens is 250 g/mol. The molecule has 5 unspecified atom stereocenters. The van der Waals surface area contributed by atoms with Gasteiger partial charge in [0.2, 0.25) is 0 Å². The van der Waals surface area contributed by atoms with Gasteiger partial charge in [0.15, 0.2) is 0 Å². The van der Waals surface area contributed by atoms with Crippen molar-refractivity contribution in [2.45, 2.75) is 26.9 Å². The highest BCUT2D eigenvalue weighted by Gasteiger charge is 2.53. The third-order valence-electron chi connectivity index (χ3n) is 5.58. The van der Waals surface area contributed by atoms with Gasteiger partial charge in [-0.2, -0.15) is 0 Å². The van der Waals surface area contributed by atoms with Crippen molar-refractivity contribution < 1.29 is 9.84 Å². The van der Waals surface area contributed by atoms with Crippen LogP contribution in [0.15, 0.2) is 36.2 Å². The Balaban J connectivity index is 2.02. The molecule has 3 rings (SSSR count). The highest BCUT2D eigenvalue weighted by molar-refractivity contribution is 5.26. The molecular formula is C17H23NO2. The number of pyridine rings is 1. The maximum atomic E-state index is 9.96. The number of rotatable bonds is 2. The summed E-state index contributed by atoms with van der Waals surface area (Å²) in [6.45, 7) is 7.48. The van der Waals surface area contributed by atoms with Gasteiger partial charge in [-0.1, -0.05) is 25.5 Å². The summed E-state index contributed by atoms with van der Waals surface area (Å²) in [7, 11) is 0. The molecule has 20 heavy (non-hydrogen) atoms. The van der Waals surface area contributed by atoms with E-state index >= 15 is 0 Å². The van der Waals surface area contributed by atoms with Crippen LogP contribution in [0.5, 0.6) is 0 Å². The van der Waals surface area contributed by atoms with Crippen molar-refractivity contribution in [3.8, 4) is 0 Å². The van der Waals surface area contributed by atoms with E-state index in [0.29, 0.717) is 24.4 Å². The van der Waals surface area contributed by atoms with E-state index in [1.165, 1.54) is 11.1 Å². The van der Waals surface area contributed by atoms with Crippen LogP contribution in [0.2, 0.25) is 0 Å². The lowest BCUT2D eigenvalue weighted by Gasteiger charge is -2.55. The fourth-order valence-corrected chi connectivity index (χ4v) is 4.14. The molecule has 1 N–H and O–H groups in total. The van der Waals surface area contributed by atoms with E-state index in [1.54, 1.807) is 0 Å². The Morgan fingerprint density at radius 3 is 2.70 bits per heavy atom. The zero-order valence-electron chi connectivity index (χ0n) is 12.4. The molecule has 5 atom stereocenters. The summed E-state index contributed by atoms with van der Waals surface area (Å²) < 4.78 is 6.21. The summed E-state index contributed by atoms with van der Waals surface area (Å²) in [4.78, 5) is 4.09. The van der Waals surface area contributed by atoms with Gasteiger partial charge >= 0.3 is 0 Å². The molecule has 3 heteroatoms. The zero-order valence-corrected chi connectivity index (χ0v) is 12.4. The van der Waals surface area contributed by atoms with E-state index in [0.717, 1.165) is 0 Å². The average molecular weight is 273 g/mol. The molecule has 0 amide bonds. The number of ether oxygens (including phenoxy) is 1. The molecule has 1 aromatic rings. The Labute approximate surface area is 120 Å². The summed E-state index contributed by atoms with van der Waals surface area (Å²) in [6.07, 6.45) is 6.05. The number of aromatic nitrogens is 1. The normalized spacial score (nSPS) is 40.3. The number of nitrogens with zero attached hydrogens (tertiary/aromatic N) is 1. The van der Waals surface area contributed by atoms with Gasteiger partial charge in [0, 0.05) is 23.7 Å². The summed E-state index contributed by atoms with van der Waals surface area (Å²) >= 11 is 0. The molecule has 1 aromatic heterocycles. The number of allylic oxidation sites excluding steroid dienone is 1. The van der Waals surface area contributed by atoms with Crippen LogP contribution >= 0.6 is 0 Å². The molecule has 108 valence electrons. The van der Waals surface area contributed by atoms with Crippen molar-refractivity contribution in [2.75, 3.05) is 13.2 Å². The molecule has 2 heterocycles. The fraction of sp³-hybridized carbons (Fsp3) is 0.588. The van der Waals surface area contributed by atoms with Gasteiger partial charge in [-0.3, -0.25) is 4.98 Å². The van der Waals surface area contributed by atoms with E-state index < -0.39 is 0 Å². The molecule has 1 aliphatic heterocycles. The van der Waals surface area contributed by atoms with Gasteiger partial charge in [0.05, 0.1) is 19.3 Å². The Morgan fingerprint density at radius 1 is 1.35 bits per heavy atom. The first-order valence-corrected chi connectivity index (χ1v) is 7.41. The third kappa shape index (κ3) is 1.84. The fourth-order valence-electron chi connectivity index (χ4n) is 4.14. The predicted octanol–water partition coefficient (Wildman–Crippen LogP) is 2.98. The van der Waals surface area contributed by atoms with Crippen LogP contribution < -0.4 is 0 Å². The van der Waals surface area contributed by atoms with Crippen molar-refractivity contribution in [1.29, 1.82) is 0 Å². The molecule has 0 saturated carbocycles. The number of fused-ring (bicyclic) bond motifs is 2. The second-order valence-corrected chi connectivity index (χ2v) is 6.42. The highest BCUT2D eigenvalue weighted by Crippen LogP contribution is 2.55. The maximum Gasteiger partial charge on any atom is 0.0894 e. The van der Waals surface area contributed by atoms with Gasteiger partial charge in [-0.25, -0.2) is 0 Å². The highest BCUT2D eigenvalue weighted by atomic mass is 16.5. The van der Waals surface area contributed by atoms with Crippen LogP contribution in [-0.2, 0) is 4.74 Å². The third-order valence-corrected chi connectivity index (χ3v) is 5.58. The first-order chi connectivity index (χ1) is 9.60. The van der Waals surface area contributed by atoms with Crippen LogP contribution in [0.3, 0.4) is 0 Å². The molecule has 2 aliphatic rings. The zero-order chi connectivity index (χ0) is 14.3. The minimum atomic E-state index is -0.131. The average Bonchev–Trinajstić information content (AvgIpc) is 2.46. The van der Waals surface area contributed by atoms with Gasteiger partial charge in [0.1, 0.15) is 0 Å². The Hall–Kier alpha value is -1.19. The molecule has 2 bridgehead atoms. The van der Waals surface area contributed by atoms with Crippen LogP contribution in [-0.4, -0.2) is 23.3 Å². The van der Waals surface area contributed by atoms with Crippen molar-refractivity contribution in [3.63, 3.8) is 0 Å². The lowest BCUT2D eigenvalue weighted by molar-refractivity contribution is -0.165. The first-order valence-electron chi connectivity index (χ1n) is 7.41. The largest absolute Gasteiger partial charge is 0.396 e. The van der Waals surface area contributed by atoms with Crippen molar-refractivity contribution >= 4 is 0 Å². The van der Waals surface area contributed by atoms with Crippen molar-refractivity contribution in [3.05, 3.63) is 41.7 Å². The number of hydrogen-bond acceptors (Lipinski definition) is 3. The summed E-state index contributed by atoms with van der Waals surface area (Å²) in [5.41, 5.74) is 2.44. The van der Waals surface area contributed by atoms with Crippen LogP contribution in [0.1, 0.15) is 32.4 Å². The van der Waals surface area contributed by atoms with E-state index in [1.807, 2.05) is 24.5 Å². The molecule has 1 saturated heterocycles. The first kappa shape index (κ1) is 13.8. The SMILES string of the molecule is CC1=CC(C)C2(CO)COC(c3ccncc3)C1C2C. The van der Waals surface area contributed by atoms with E-state index in [4.69, 9.17) is 4.74 Å². The second-order valence-electron chi connectivity index (χ2n) is 6.42. The molecule has 0 radical (unpaired) electrons. The quantitative estimate of drug-likeness (QED) is 0.842. The Morgan fingerprint density at radius 2 is 2.05 bits per heavy atom. The van der Waals surface area contributed by atoms with Gasteiger partial charge in [0.25, 0.3) is 0 Å². The lowest BCUT2D eigenvalue weighted by atomic mass is 9.56. The number of aliphatic hydroxyl groups excluding tert-OH is 1. The summed E-state index contributed by atoms with van der Waals surface area (Å²) in [6, 6.07) is 4.07. The Kier molecular flexibility index (Phi) is 3.43. The summed E-state index contributed by atoms with van der Waals surface area (Å²) in [5.74, 6) is 1.12. The van der Waals surface area contributed by atoms with Crippen LogP contribution in [0.4, 0.5) is 0 Å². The van der Waals surface area contributed by atoms with E-state index in [2.05, 4.69) is 31.8 Å². The van der Waals surface area contributed by atoms with Crippen LogP contribution in [0.25, 0.3) is 0 Å². The summed E-state index contributed by atoms with van der Waals surface area (Å²) in [5, 5.41) is 9.96. The molecule has 0 spiro atoms.